The number of hydrogen-bond donors (Lipinski definition) is 3. The van der Waals surface area contributed by atoms with Gasteiger partial charge in [0.15, 0.2) is 0 Å². The molecule has 3 aromatic carbocycles. The first-order valence-corrected chi connectivity index (χ1v) is 9.44. The molecule has 0 saturated heterocycles. The fraction of sp³-hybridized carbons (Fsp3) is 0.130. The quantitative estimate of drug-likeness (QED) is 0.478. The molecular weight excluding hydrogens is 407 g/mol. The van der Waals surface area contributed by atoms with Crippen LogP contribution in [0.1, 0.15) is 27.9 Å². The summed E-state index contributed by atoms with van der Waals surface area (Å²) in [5, 5.41) is 5.17. The van der Waals surface area contributed by atoms with Crippen LogP contribution in [-0.4, -0.2) is 11.8 Å². The van der Waals surface area contributed by atoms with Crippen molar-refractivity contribution in [2.24, 2.45) is 0 Å². The minimum Gasteiger partial charge on any atom is -0.399 e. The molecule has 31 heavy (non-hydrogen) atoms. The van der Waals surface area contributed by atoms with E-state index in [1.807, 2.05) is 18.2 Å². The molecule has 160 valence electrons. The van der Waals surface area contributed by atoms with Crippen LogP contribution in [0.2, 0.25) is 0 Å². The fourth-order valence-electron chi connectivity index (χ4n) is 2.92. The van der Waals surface area contributed by atoms with Crippen molar-refractivity contribution < 1.29 is 22.8 Å². The van der Waals surface area contributed by atoms with Crippen LogP contribution in [0.25, 0.3) is 0 Å². The number of nitrogens with one attached hydrogen (secondary N) is 2. The number of carbonyl (C=O) groups is 2. The van der Waals surface area contributed by atoms with E-state index in [4.69, 9.17) is 5.73 Å². The van der Waals surface area contributed by atoms with Gasteiger partial charge in [0.1, 0.15) is 0 Å². The predicted octanol–water partition coefficient (Wildman–Crippen LogP) is 5.11. The van der Waals surface area contributed by atoms with Crippen molar-refractivity contribution >= 4 is 28.9 Å². The van der Waals surface area contributed by atoms with Crippen molar-refractivity contribution in [3.8, 4) is 0 Å². The number of aryl methyl sites for hydroxylation is 1. The fourth-order valence-corrected chi connectivity index (χ4v) is 2.92. The maximum atomic E-state index is 12.8. The smallest absolute Gasteiger partial charge is 0.399 e. The highest BCUT2D eigenvalue weighted by atomic mass is 19.4. The third kappa shape index (κ3) is 6.08. The van der Waals surface area contributed by atoms with Crippen molar-refractivity contribution in [3.05, 3.63) is 89.5 Å². The van der Waals surface area contributed by atoms with Crippen LogP contribution < -0.4 is 16.4 Å². The molecule has 0 bridgehead atoms. The zero-order valence-corrected chi connectivity index (χ0v) is 16.4. The number of hydrogen-bond acceptors (Lipinski definition) is 3. The molecule has 0 fully saturated rings. The molecule has 3 rings (SSSR count). The SMILES string of the molecule is Nc1ccccc1CCC(=O)Nc1ccc(C(=O)Nc2cccc(C(F)(F)F)c2)cc1. The molecule has 4 N–H and O–H groups in total. The summed E-state index contributed by atoms with van der Waals surface area (Å²) in [6.45, 7) is 0. The minimum atomic E-state index is -4.49. The molecule has 0 aliphatic rings. The summed E-state index contributed by atoms with van der Waals surface area (Å²) in [5.41, 5.74) is 7.32. The lowest BCUT2D eigenvalue weighted by molar-refractivity contribution is -0.137. The van der Waals surface area contributed by atoms with E-state index < -0.39 is 17.6 Å². The molecule has 0 aromatic heterocycles. The Balaban J connectivity index is 1.56. The van der Waals surface area contributed by atoms with Crippen molar-refractivity contribution in [2.45, 2.75) is 19.0 Å². The Morgan fingerprint density at radius 1 is 0.839 bits per heavy atom. The number of benzene rings is 3. The predicted molar refractivity (Wildman–Crippen MR) is 114 cm³/mol. The molecule has 0 aliphatic heterocycles. The van der Waals surface area contributed by atoms with Crippen molar-refractivity contribution in [2.75, 3.05) is 16.4 Å². The normalized spacial score (nSPS) is 11.1. The summed E-state index contributed by atoms with van der Waals surface area (Å²) in [6.07, 6.45) is -3.76. The highest BCUT2D eigenvalue weighted by Crippen LogP contribution is 2.30. The van der Waals surface area contributed by atoms with Gasteiger partial charge in [0.25, 0.3) is 5.91 Å². The van der Waals surface area contributed by atoms with Crippen molar-refractivity contribution in [1.29, 1.82) is 0 Å². The molecular formula is C23H20F3N3O2. The second-order valence-electron chi connectivity index (χ2n) is 6.86. The van der Waals surface area contributed by atoms with Gasteiger partial charge in [-0.05, 0) is 60.5 Å². The number of alkyl halides is 3. The average molecular weight is 427 g/mol. The highest BCUT2D eigenvalue weighted by molar-refractivity contribution is 6.04. The van der Waals surface area contributed by atoms with Gasteiger partial charge in [-0.25, -0.2) is 0 Å². The summed E-state index contributed by atoms with van der Waals surface area (Å²) in [6, 6.07) is 17.8. The molecule has 3 aromatic rings. The lowest BCUT2D eigenvalue weighted by atomic mass is 10.1. The van der Waals surface area contributed by atoms with E-state index in [0.717, 1.165) is 17.7 Å². The topological polar surface area (TPSA) is 84.2 Å². The van der Waals surface area contributed by atoms with Crippen LogP contribution in [0, 0.1) is 0 Å². The number of carbonyl (C=O) groups excluding carboxylic acids is 2. The third-order valence-corrected chi connectivity index (χ3v) is 4.56. The Kier molecular flexibility index (Phi) is 6.59. The second kappa shape index (κ2) is 9.34. The van der Waals surface area contributed by atoms with Gasteiger partial charge in [0.05, 0.1) is 5.56 Å². The lowest BCUT2D eigenvalue weighted by Crippen LogP contribution is -2.14. The molecule has 0 atom stereocenters. The first-order chi connectivity index (χ1) is 14.7. The monoisotopic (exact) mass is 427 g/mol. The maximum absolute atomic E-state index is 12.8. The number of nitrogen functional groups attached to an aromatic ring is 1. The van der Waals surface area contributed by atoms with Crippen LogP contribution in [0.5, 0.6) is 0 Å². The number of nitrogens with two attached hydrogens (primary N) is 1. The zero-order valence-electron chi connectivity index (χ0n) is 16.4. The lowest BCUT2D eigenvalue weighted by Gasteiger charge is -2.10. The Hall–Kier alpha value is -3.81. The summed E-state index contributed by atoms with van der Waals surface area (Å²) < 4.78 is 38.4. The van der Waals surface area contributed by atoms with Gasteiger partial charge in [0.2, 0.25) is 5.91 Å². The van der Waals surface area contributed by atoms with Crippen LogP contribution in [0.15, 0.2) is 72.8 Å². The van der Waals surface area contributed by atoms with Gasteiger partial charge < -0.3 is 16.4 Å². The van der Waals surface area contributed by atoms with Crippen LogP contribution in [0.3, 0.4) is 0 Å². The van der Waals surface area contributed by atoms with Gasteiger partial charge in [-0.1, -0.05) is 24.3 Å². The minimum absolute atomic E-state index is 0.0392. The number of amides is 2. The van der Waals surface area contributed by atoms with Gasteiger partial charge in [0, 0.05) is 29.0 Å². The van der Waals surface area contributed by atoms with Crippen LogP contribution in [0.4, 0.5) is 30.2 Å². The van der Waals surface area contributed by atoms with E-state index in [2.05, 4.69) is 10.6 Å². The summed E-state index contributed by atoms with van der Waals surface area (Å²) in [5.74, 6) is -0.763. The molecule has 2 amide bonds. The summed E-state index contributed by atoms with van der Waals surface area (Å²) in [4.78, 5) is 24.5. The standard InChI is InChI=1S/C23H20F3N3O2/c24-23(25,26)17-5-3-6-19(14-17)29-22(31)16-8-11-18(12-9-16)28-21(30)13-10-15-4-1-2-7-20(15)27/h1-9,11-12,14H,10,13,27H2,(H,28,30)(H,29,31). The van der Waals surface area contributed by atoms with Crippen molar-refractivity contribution in [3.63, 3.8) is 0 Å². The number of rotatable bonds is 6. The van der Waals surface area contributed by atoms with E-state index in [-0.39, 0.29) is 23.6 Å². The summed E-state index contributed by atoms with van der Waals surface area (Å²) in [7, 11) is 0. The van der Waals surface area contributed by atoms with E-state index in [0.29, 0.717) is 17.8 Å². The maximum Gasteiger partial charge on any atom is 0.416 e. The highest BCUT2D eigenvalue weighted by Gasteiger charge is 2.30. The van der Waals surface area contributed by atoms with E-state index in [1.165, 1.54) is 24.3 Å². The van der Waals surface area contributed by atoms with Crippen LogP contribution in [-0.2, 0) is 17.4 Å². The first kappa shape index (κ1) is 21.9. The number of anilines is 3. The second-order valence-corrected chi connectivity index (χ2v) is 6.86. The molecule has 0 saturated carbocycles. The number of para-hydroxylation sites is 1. The van der Waals surface area contributed by atoms with E-state index >= 15 is 0 Å². The molecule has 0 unspecified atom stereocenters. The summed E-state index contributed by atoms with van der Waals surface area (Å²) >= 11 is 0. The molecule has 0 radical (unpaired) electrons. The van der Waals surface area contributed by atoms with Gasteiger partial charge in [-0.15, -0.1) is 0 Å². The molecule has 0 spiro atoms. The average Bonchev–Trinajstić information content (AvgIpc) is 2.73. The molecule has 5 nitrogen and oxygen atoms in total. The van der Waals surface area contributed by atoms with E-state index in [1.54, 1.807) is 18.2 Å². The Morgan fingerprint density at radius 2 is 1.55 bits per heavy atom. The van der Waals surface area contributed by atoms with Crippen LogP contribution >= 0.6 is 0 Å². The third-order valence-electron chi connectivity index (χ3n) is 4.56. The Labute approximate surface area is 177 Å². The first-order valence-electron chi connectivity index (χ1n) is 9.44. The van der Waals surface area contributed by atoms with Gasteiger partial charge >= 0.3 is 6.18 Å². The van der Waals surface area contributed by atoms with E-state index in [9.17, 15) is 22.8 Å². The Morgan fingerprint density at radius 3 is 2.23 bits per heavy atom. The van der Waals surface area contributed by atoms with Gasteiger partial charge in [-0.2, -0.15) is 13.2 Å². The van der Waals surface area contributed by atoms with Crippen molar-refractivity contribution in [1.82, 2.24) is 0 Å². The molecule has 8 heteroatoms. The molecule has 0 heterocycles. The zero-order chi connectivity index (χ0) is 22.4. The van der Waals surface area contributed by atoms with Gasteiger partial charge in [-0.3, -0.25) is 9.59 Å². The molecule has 0 aliphatic carbocycles. The Bertz CT molecular complexity index is 1080. The number of halogens is 3. The largest absolute Gasteiger partial charge is 0.416 e.